The first-order valence-corrected chi connectivity index (χ1v) is 6.96. The van der Waals surface area contributed by atoms with Crippen molar-refractivity contribution in [1.82, 2.24) is 4.90 Å². The Morgan fingerprint density at radius 1 is 1.29 bits per heavy atom. The normalized spacial score (nSPS) is 27.1. The maximum absolute atomic E-state index is 13.6. The Balaban J connectivity index is 1.78. The molecule has 0 radical (unpaired) electrons. The largest absolute Gasteiger partial charge is 0.481 e. The van der Waals surface area contributed by atoms with Crippen molar-refractivity contribution in [3.63, 3.8) is 0 Å². The van der Waals surface area contributed by atoms with E-state index in [-0.39, 0.29) is 30.0 Å². The minimum Gasteiger partial charge on any atom is -0.481 e. The van der Waals surface area contributed by atoms with E-state index in [9.17, 15) is 18.4 Å². The number of fused-ring (bicyclic) bond motifs is 2. The molecule has 112 valence electrons. The molecule has 6 heteroatoms. The van der Waals surface area contributed by atoms with Crippen molar-refractivity contribution in [2.75, 3.05) is 0 Å². The summed E-state index contributed by atoms with van der Waals surface area (Å²) in [4.78, 5) is 25.1. The summed E-state index contributed by atoms with van der Waals surface area (Å²) in [6.07, 6.45) is 1.67. The van der Waals surface area contributed by atoms with Gasteiger partial charge in [-0.3, -0.25) is 9.59 Å². The summed E-state index contributed by atoms with van der Waals surface area (Å²) < 4.78 is 26.8. The number of amides is 1. The number of benzene rings is 1. The first-order valence-electron chi connectivity index (χ1n) is 6.96. The molecule has 3 unspecified atom stereocenters. The first kappa shape index (κ1) is 14.0. The van der Waals surface area contributed by atoms with Gasteiger partial charge in [-0.05, 0) is 25.3 Å². The number of carbonyl (C=O) groups is 2. The molecule has 2 bridgehead atoms. The highest BCUT2D eigenvalue weighted by atomic mass is 19.2. The third-order valence-corrected chi connectivity index (χ3v) is 4.52. The zero-order valence-electron chi connectivity index (χ0n) is 11.3. The van der Waals surface area contributed by atoms with Gasteiger partial charge in [-0.25, -0.2) is 8.78 Å². The van der Waals surface area contributed by atoms with Crippen molar-refractivity contribution in [1.29, 1.82) is 0 Å². The third kappa shape index (κ3) is 2.28. The Morgan fingerprint density at radius 2 is 2.05 bits per heavy atom. The van der Waals surface area contributed by atoms with Gasteiger partial charge in [0, 0.05) is 17.6 Å². The minimum absolute atomic E-state index is 0.0122. The highest BCUT2D eigenvalue weighted by Crippen LogP contribution is 2.42. The molecule has 1 amide bonds. The number of halogens is 2. The number of nitrogens with zero attached hydrogens (tertiary/aromatic N) is 1. The van der Waals surface area contributed by atoms with Crippen LogP contribution in [0.15, 0.2) is 18.2 Å². The fourth-order valence-electron chi connectivity index (χ4n) is 3.58. The third-order valence-electron chi connectivity index (χ3n) is 4.52. The number of aliphatic carboxylic acids is 1. The van der Waals surface area contributed by atoms with Gasteiger partial charge in [0.15, 0.2) is 11.6 Å². The predicted octanol–water partition coefficient (Wildman–Crippen LogP) is 1.97. The molecule has 21 heavy (non-hydrogen) atoms. The van der Waals surface area contributed by atoms with Crippen molar-refractivity contribution in [2.45, 2.75) is 37.8 Å². The predicted molar refractivity (Wildman–Crippen MR) is 69.5 cm³/mol. The van der Waals surface area contributed by atoms with Crippen LogP contribution in [0.1, 0.15) is 24.8 Å². The fraction of sp³-hybridized carbons (Fsp3) is 0.467. The van der Waals surface area contributed by atoms with Gasteiger partial charge >= 0.3 is 5.97 Å². The SMILES string of the molecule is O=C(O)C1CC2CCC1N2C(=O)Cc1cccc(F)c1F. The van der Waals surface area contributed by atoms with Crippen molar-refractivity contribution < 1.29 is 23.5 Å². The van der Waals surface area contributed by atoms with E-state index in [4.69, 9.17) is 5.11 Å². The average Bonchev–Trinajstić information content (AvgIpc) is 3.01. The molecule has 2 heterocycles. The Labute approximate surface area is 120 Å². The maximum Gasteiger partial charge on any atom is 0.308 e. The van der Waals surface area contributed by atoms with E-state index in [0.717, 1.165) is 12.5 Å². The smallest absolute Gasteiger partial charge is 0.308 e. The standard InChI is InChI=1S/C15H15F2NO3/c16-11-3-1-2-8(14(11)17)6-13(19)18-9-4-5-12(18)10(7-9)15(20)21/h1-3,9-10,12H,4-7H2,(H,20,21). The molecule has 0 aromatic heterocycles. The molecule has 0 saturated carbocycles. The minimum atomic E-state index is -1.01. The number of carboxylic acids is 1. The van der Waals surface area contributed by atoms with E-state index in [1.165, 1.54) is 12.1 Å². The summed E-state index contributed by atoms with van der Waals surface area (Å²) in [7, 11) is 0. The molecule has 4 nitrogen and oxygen atoms in total. The van der Waals surface area contributed by atoms with Gasteiger partial charge in [-0.15, -0.1) is 0 Å². The molecule has 2 aliphatic rings. The lowest BCUT2D eigenvalue weighted by Crippen LogP contribution is -2.38. The van der Waals surface area contributed by atoms with Gasteiger partial charge in [-0.1, -0.05) is 12.1 Å². The van der Waals surface area contributed by atoms with Crippen LogP contribution < -0.4 is 0 Å². The Hall–Kier alpha value is -1.98. The number of carbonyl (C=O) groups excluding carboxylic acids is 1. The molecule has 3 rings (SSSR count). The number of carboxylic acid groups (broad SMARTS) is 1. The van der Waals surface area contributed by atoms with Gasteiger partial charge < -0.3 is 10.0 Å². The average molecular weight is 295 g/mol. The Kier molecular flexibility index (Phi) is 3.39. The summed E-state index contributed by atoms with van der Waals surface area (Å²) in [6, 6.07) is 3.35. The van der Waals surface area contributed by atoms with Crippen LogP contribution in [0.25, 0.3) is 0 Å². The topological polar surface area (TPSA) is 57.6 Å². The second kappa shape index (κ2) is 5.09. The lowest BCUT2D eigenvalue weighted by molar-refractivity contribution is -0.143. The monoisotopic (exact) mass is 295 g/mol. The van der Waals surface area contributed by atoms with E-state index in [1.807, 2.05) is 0 Å². The maximum atomic E-state index is 13.6. The summed E-state index contributed by atoms with van der Waals surface area (Å²) in [5, 5.41) is 9.16. The molecular formula is C15H15F2NO3. The van der Waals surface area contributed by atoms with E-state index in [2.05, 4.69) is 0 Å². The molecule has 2 aliphatic heterocycles. The Morgan fingerprint density at radius 3 is 2.71 bits per heavy atom. The molecule has 1 aromatic rings. The second-order valence-corrected chi connectivity index (χ2v) is 5.67. The first-order chi connectivity index (χ1) is 9.99. The van der Waals surface area contributed by atoms with Crippen molar-refractivity contribution >= 4 is 11.9 Å². The van der Waals surface area contributed by atoms with E-state index in [0.29, 0.717) is 12.8 Å². The highest BCUT2D eigenvalue weighted by molar-refractivity contribution is 5.82. The molecule has 2 fully saturated rings. The lowest BCUT2D eigenvalue weighted by atomic mass is 9.89. The van der Waals surface area contributed by atoms with Crippen LogP contribution in [0.4, 0.5) is 8.78 Å². The van der Waals surface area contributed by atoms with Crippen molar-refractivity contribution in [2.24, 2.45) is 5.92 Å². The molecule has 0 aliphatic carbocycles. The van der Waals surface area contributed by atoms with E-state index in [1.54, 1.807) is 4.90 Å². The zero-order valence-corrected chi connectivity index (χ0v) is 11.3. The molecule has 1 aromatic carbocycles. The molecular weight excluding hydrogens is 280 g/mol. The molecule has 3 atom stereocenters. The zero-order chi connectivity index (χ0) is 15.1. The quantitative estimate of drug-likeness (QED) is 0.927. The summed E-state index contributed by atoms with van der Waals surface area (Å²) in [5.74, 6) is -3.74. The van der Waals surface area contributed by atoms with Crippen LogP contribution in [0.5, 0.6) is 0 Å². The van der Waals surface area contributed by atoms with Crippen LogP contribution in [0, 0.1) is 17.6 Å². The second-order valence-electron chi connectivity index (χ2n) is 5.67. The van der Waals surface area contributed by atoms with Crippen LogP contribution in [-0.4, -0.2) is 34.0 Å². The van der Waals surface area contributed by atoms with Gasteiger partial charge in [0.1, 0.15) is 0 Å². The summed E-state index contributed by atoms with van der Waals surface area (Å²) in [5.41, 5.74) is 0.0122. The van der Waals surface area contributed by atoms with Gasteiger partial charge in [0.2, 0.25) is 5.91 Å². The van der Waals surface area contributed by atoms with E-state index < -0.39 is 23.5 Å². The van der Waals surface area contributed by atoms with Crippen molar-refractivity contribution in [3.05, 3.63) is 35.4 Å². The fourth-order valence-corrected chi connectivity index (χ4v) is 3.58. The van der Waals surface area contributed by atoms with Crippen LogP contribution >= 0.6 is 0 Å². The highest BCUT2D eigenvalue weighted by Gasteiger charge is 2.51. The number of hydrogen-bond acceptors (Lipinski definition) is 2. The summed E-state index contributed by atoms with van der Waals surface area (Å²) in [6.45, 7) is 0. The molecule has 0 spiro atoms. The Bertz CT molecular complexity index is 605. The number of rotatable bonds is 3. The number of hydrogen-bond donors (Lipinski definition) is 1. The lowest BCUT2D eigenvalue weighted by Gasteiger charge is -2.23. The van der Waals surface area contributed by atoms with Gasteiger partial charge in [0.05, 0.1) is 12.3 Å². The van der Waals surface area contributed by atoms with Crippen LogP contribution in [0.3, 0.4) is 0 Å². The molecule has 2 saturated heterocycles. The van der Waals surface area contributed by atoms with Gasteiger partial charge in [-0.2, -0.15) is 0 Å². The van der Waals surface area contributed by atoms with Gasteiger partial charge in [0.25, 0.3) is 0 Å². The van der Waals surface area contributed by atoms with Crippen LogP contribution in [-0.2, 0) is 16.0 Å². The summed E-state index contributed by atoms with van der Waals surface area (Å²) >= 11 is 0. The van der Waals surface area contributed by atoms with E-state index >= 15 is 0 Å². The van der Waals surface area contributed by atoms with Crippen molar-refractivity contribution in [3.8, 4) is 0 Å². The molecule has 1 N–H and O–H groups in total. The van der Waals surface area contributed by atoms with Crippen LogP contribution in [0.2, 0.25) is 0 Å².